The van der Waals surface area contributed by atoms with Crippen molar-refractivity contribution in [3.05, 3.63) is 27.8 Å². The summed E-state index contributed by atoms with van der Waals surface area (Å²) in [6.07, 6.45) is 1.44. The van der Waals surface area contributed by atoms with Gasteiger partial charge in [-0.2, -0.15) is 10.2 Å². The van der Waals surface area contributed by atoms with E-state index in [0.717, 1.165) is 17.1 Å². The van der Waals surface area contributed by atoms with Crippen LogP contribution in [0.2, 0.25) is 0 Å². The van der Waals surface area contributed by atoms with Gasteiger partial charge in [0.15, 0.2) is 5.82 Å². The average Bonchev–Trinajstić information content (AvgIpc) is 2.78. The second-order valence-corrected chi connectivity index (χ2v) is 5.22. The number of aromatic nitrogens is 3. The quantitative estimate of drug-likeness (QED) is 0.828. The second kappa shape index (κ2) is 3.93. The Morgan fingerprint density at radius 1 is 1.59 bits per heavy atom. The fraction of sp³-hybridized carbons (Fsp3) is 0.455. The van der Waals surface area contributed by atoms with E-state index in [4.69, 9.17) is 9.78 Å². The first-order valence-corrected chi connectivity index (χ1v) is 6.27. The largest absolute Gasteiger partial charge is 0.339 e. The molecular formula is C11H10N4OS. The molecule has 1 aliphatic rings. The molecule has 0 saturated heterocycles. The van der Waals surface area contributed by atoms with E-state index < -0.39 is 0 Å². The van der Waals surface area contributed by atoms with Gasteiger partial charge in [-0.3, -0.25) is 0 Å². The van der Waals surface area contributed by atoms with Crippen LogP contribution in [0.25, 0.3) is 0 Å². The first kappa shape index (κ1) is 10.4. The van der Waals surface area contributed by atoms with Crippen LogP contribution in [0.3, 0.4) is 0 Å². The molecule has 3 rings (SSSR count). The number of aryl methyl sites for hydroxylation is 1. The Labute approximate surface area is 102 Å². The van der Waals surface area contributed by atoms with E-state index in [9.17, 15) is 0 Å². The van der Waals surface area contributed by atoms with Crippen LogP contribution in [-0.4, -0.2) is 15.1 Å². The normalized spacial score (nSPS) is 22.4. The van der Waals surface area contributed by atoms with Crippen molar-refractivity contribution in [1.29, 1.82) is 5.26 Å². The lowest BCUT2D eigenvalue weighted by Crippen LogP contribution is -1.91. The molecule has 0 spiro atoms. The summed E-state index contributed by atoms with van der Waals surface area (Å²) in [6.45, 7) is 1.97. The maximum absolute atomic E-state index is 8.73. The van der Waals surface area contributed by atoms with Gasteiger partial charge in [0.2, 0.25) is 5.89 Å². The van der Waals surface area contributed by atoms with Crippen LogP contribution in [0.5, 0.6) is 0 Å². The lowest BCUT2D eigenvalue weighted by atomic mass is 10.3. The van der Waals surface area contributed by atoms with Gasteiger partial charge >= 0.3 is 0 Å². The highest BCUT2D eigenvalue weighted by Gasteiger charge is 2.43. The molecule has 0 bridgehead atoms. The third-order valence-corrected chi connectivity index (χ3v) is 3.59. The Balaban J connectivity index is 1.71. The molecule has 0 aliphatic heterocycles. The minimum atomic E-state index is 0.0600. The lowest BCUT2D eigenvalue weighted by molar-refractivity contribution is 0.373. The number of hydrogen-bond donors (Lipinski definition) is 0. The summed E-state index contributed by atoms with van der Waals surface area (Å²) in [7, 11) is 0. The lowest BCUT2D eigenvalue weighted by Gasteiger charge is -1.87. The van der Waals surface area contributed by atoms with E-state index >= 15 is 0 Å². The Kier molecular flexibility index (Phi) is 2.41. The zero-order valence-corrected chi connectivity index (χ0v) is 10.1. The number of rotatable bonds is 3. The van der Waals surface area contributed by atoms with E-state index in [-0.39, 0.29) is 11.8 Å². The zero-order valence-electron chi connectivity index (χ0n) is 9.25. The van der Waals surface area contributed by atoms with Crippen molar-refractivity contribution in [2.75, 3.05) is 0 Å². The van der Waals surface area contributed by atoms with Crippen molar-refractivity contribution in [2.24, 2.45) is 5.92 Å². The number of thiazole rings is 1. The first-order chi connectivity index (χ1) is 8.26. The minimum Gasteiger partial charge on any atom is -0.339 e. The van der Waals surface area contributed by atoms with E-state index in [0.29, 0.717) is 18.1 Å². The molecule has 86 valence electrons. The molecule has 0 aromatic carbocycles. The Morgan fingerprint density at radius 3 is 3.12 bits per heavy atom. The third-order valence-electron chi connectivity index (χ3n) is 2.76. The van der Waals surface area contributed by atoms with E-state index in [1.54, 1.807) is 11.3 Å². The molecule has 2 atom stereocenters. The van der Waals surface area contributed by atoms with Crippen LogP contribution in [0.15, 0.2) is 9.90 Å². The standard InChI is InChI=1S/C11H10N4OS/c1-6-13-8(5-17-6)3-10-14-11(16-15-10)9-2-7(9)4-12/h5,7,9H,2-3H2,1H3. The fourth-order valence-electron chi connectivity index (χ4n) is 1.75. The maximum atomic E-state index is 8.73. The molecule has 2 heterocycles. The van der Waals surface area contributed by atoms with E-state index in [1.165, 1.54) is 0 Å². The van der Waals surface area contributed by atoms with Gasteiger partial charge in [0, 0.05) is 5.38 Å². The second-order valence-electron chi connectivity index (χ2n) is 4.16. The summed E-state index contributed by atoms with van der Waals surface area (Å²) >= 11 is 1.61. The number of nitrogens with zero attached hydrogens (tertiary/aromatic N) is 4. The SMILES string of the molecule is Cc1nc(Cc2noc(C3CC3C#N)n2)cs1. The van der Waals surface area contributed by atoms with Crippen LogP contribution in [0, 0.1) is 24.2 Å². The zero-order chi connectivity index (χ0) is 11.8. The molecule has 5 nitrogen and oxygen atoms in total. The van der Waals surface area contributed by atoms with Gasteiger partial charge in [-0.25, -0.2) is 4.98 Å². The predicted molar refractivity (Wildman–Crippen MR) is 60.4 cm³/mol. The van der Waals surface area contributed by atoms with Crippen molar-refractivity contribution in [2.45, 2.75) is 25.7 Å². The highest BCUT2D eigenvalue weighted by Crippen LogP contribution is 2.45. The Bertz CT molecular complexity index is 582. The summed E-state index contributed by atoms with van der Waals surface area (Å²) in [5.41, 5.74) is 0.965. The van der Waals surface area contributed by atoms with Crippen LogP contribution < -0.4 is 0 Å². The van der Waals surface area contributed by atoms with Gasteiger partial charge in [0.05, 0.1) is 35.0 Å². The monoisotopic (exact) mass is 246 g/mol. The summed E-state index contributed by atoms with van der Waals surface area (Å²) in [4.78, 5) is 8.66. The number of nitriles is 1. The molecule has 17 heavy (non-hydrogen) atoms. The van der Waals surface area contributed by atoms with Crippen LogP contribution in [0.1, 0.15) is 34.8 Å². The summed E-state index contributed by atoms with van der Waals surface area (Å²) < 4.78 is 5.16. The van der Waals surface area contributed by atoms with E-state index in [1.807, 2.05) is 12.3 Å². The molecule has 1 fully saturated rings. The van der Waals surface area contributed by atoms with E-state index in [2.05, 4.69) is 21.2 Å². The summed E-state index contributed by atoms with van der Waals surface area (Å²) in [6, 6.07) is 2.21. The maximum Gasteiger partial charge on any atom is 0.231 e. The minimum absolute atomic E-state index is 0.0600. The molecule has 2 aromatic heterocycles. The Hall–Kier alpha value is -1.74. The van der Waals surface area contributed by atoms with Gasteiger partial charge in [0.1, 0.15) is 0 Å². The molecule has 2 unspecified atom stereocenters. The van der Waals surface area contributed by atoms with Crippen molar-refractivity contribution in [3.63, 3.8) is 0 Å². The molecule has 0 radical (unpaired) electrons. The van der Waals surface area contributed by atoms with Crippen molar-refractivity contribution >= 4 is 11.3 Å². The Morgan fingerprint density at radius 2 is 2.47 bits per heavy atom. The van der Waals surface area contributed by atoms with Crippen LogP contribution >= 0.6 is 11.3 Å². The molecular weight excluding hydrogens is 236 g/mol. The van der Waals surface area contributed by atoms with Gasteiger partial charge in [-0.1, -0.05) is 5.16 Å². The first-order valence-electron chi connectivity index (χ1n) is 5.39. The molecule has 1 aliphatic carbocycles. The molecule has 2 aromatic rings. The van der Waals surface area contributed by atoms with Crippen molar-refractivity contribution in [1.82, 2.24) is 15.1 Å². The summed E-state index contributed by atoms with van der Waals surface area (Å²) in [5, 5.41) is 15.7. The smallest absolute Gasteiger partial charge is 0.231 e. The van der Waals surface area contributed by atoms with Gasteiger partial charge in [0.25, 0.3) is 0 Å². The van der Waals surface area contributed by atoms with Crippen LogP contribution in [-0.2, 0) is 6.42 Å². The summed E-state index contributed by atoms with van der Waals surface area (Å²) in [5.74, 6) is 1.45. The van der Waals surface area contributed by atoms with Crippen molar-refractivity contribution in [3.8, 4) is 6.07 Å². The molecule has 0 amide bonds. The molecule has 1 saturated carbocycles. The van der Waals surface area contributed by atoms with Gasteiger partial charge < -0.3 is 4.52 Å². The molecule has 6 heteroatoms. The van der Waals surface area contributed by atoms with Gasteiger partial charge in [-0.15, -0.1) is 11.3 Å². The average molecular weight is 246 g/mol. The van der Waals surface area contributed by atoms with Crippen LogP contribution in [0.4, 0.5) is 0 Å². The topological polar surface area (TPSA) is 75.6 Å². The predicted octanol–water partition coefficient (Wildman–Crippen LogP) is 2.05. The third kappa shape index (κ3) is 2.06. The van der Waals surface area contributed by atoms with Gasteiger partial charge in [-0.05, 0) is 13.3 Å². The number of hydrogen-bond acceptors (Lipinski definition) is 6. The highest BCUT2D eigenvalue weighted by molar-refractivity contribution is 7.09. The molecule has 0 N–H and O–H groups in total. The highest BCUT2D eigenvalue weighted by atomic mass is 32.1. The van der Waals surface area contributed by atoms with Crippen molar-refractivity contribution < 1.29 is 4.52 Å². The fourth-order valence-corrected chi connectivity index (χ4v) is 2.36.